The maximum absolute atomic E-state index is 12.3. The molecule has 0 aliphatic rings. The van der Waals surface area contributed by atoms with Crippen molar-refractivity contribution in [2.24, 2.45) is 0 Å². The molecule has 1 atom stereocenters. The van der Waals surface area contributed by atoms with Gasteiger partial charge in [0.15, 0.2) is 0 Å². The summed E-state index contributed by atoms with van der Waals surface area (Å²) in [4.78, 5) is 4.07. The zero-order chi connectivity index (χ0) is 14.3. The predicted octanol–water partition coefficient (Wildman–Crippen LogP) is 1.93. The Morgan fingerprint density at radius 3 is 2.84 bits per heavy atom. The van der Waals surface area contributed by atoms with Crippen molar-refractivity contribution in [3.8, 4) is 0 Å². The minimum absolute atomic E-state index is 0.0889. The minimum Gasteiger partial charge on any atom is -0.387 e. The van der Waals surface area contributed by atoms with E-state index in [4.69, 9.17) is 0 Å². The van der Waals surface area contributed by atoms with Crippen LogP contribution in [0.15, 0.2) is 23.4 Å². The minimum atomic E-state index is -3.52. The molecule has 1 aromatic rings. The van der Waals surface area contributed by atoms with Crippen LogP contribution < -0.4 is 10.0 Å². The van der Waals surface area contributed by atoms with Gasteiger partial charge in [0.1, 0.15) is 4.90 Å². The van der Waals surface area contributed by atoms with Gasteiger partial charge in [0, 0.05) is 25.5 Å². The van der Waals surface area contributed by atoms with Gasteiger partial charge in [-0.2, -0.15) is 11.8 Å². The first-order valence-electron chi connectivity index (χ1n) is 6.23. The van der Waals surface area contributed by atoms with Crippen molar-refractivity contribution >= 4 is 27.5 Å². The molecule has 0 radical (unpaired) electrons. The summed E-state index contributed by atoms with van der Waals surface area (Å²) in [6, 6.07) is 1.56. The van der Waals surface area contributed by atoms with E-state index in [1.54, 1.807) is 31.1 Å². The lowest BCUT2D eigenvalue weighted by Crippen LogP contribution is -2.33. The van der Waals surface area contributed by atoms with Crippen LogP contribution in [0.5, 0.6) is 0 Å². The Labute approximate surface area is 119 Å². The first kappa shape index (κ1) is 16.3. The molecular weight excluding hydrogens is 282 g/mol. The maximum Gasteiger partial charge on any atom is 0.244 e. The SMILES string of the molecule is CCSCCC(C)NS(=O)(=O)c1cnccc1NC. The molecule has 0 aliphatic heterocycles. The van der Waals surface area contributed by atoms with Crippen LogP contribution in [0.1, 0.15) is 20.3 Å². The Hall–Kier alpha value is -0.790. The number of pyridine rings is 1. The number of aromatic nitrogens is 1. The van der Waals surface area contributed by atoms with Gasteiger partial charge in [-0.3, -0.25) is 4.98 Å². The van der Waals surface area contributed by atoms with Crippen molar-refractivity contribution in [3.63, 3.8) is 0 Å². The van der Waals surface area contributed by atoms with E-state index in [2.05, 4.69) is 21.9 Å². The topological polar surface area (TPSA) is 71.1 Å². The number of anilines is 1. The molecule has 1 aromatic heterocycles. The third kappa shape index (κ3) is 5.00. The number of nitrogens with one attached hydrogen (secondary N) is 2. The van der Waals surface area contributed by atoms with Gasteiger partial charge in [0.2, 0.25) is 10.0 Å². The standard InChI is InChI=1S/C12H21N3O2S2/c1-4-18-8-6-10(2)15-19(16,17)12-9-14-7-5-11(12)13-3/h5,7,9-10,15H,4,6,8H2,1-3H3,(H,13,14). The zero-order valence-corrected chi connectivity index (χ0v) is 13.1. The molecule has 19 heavy (non-hydrogen) atoms. The van der Waals surface area contributed by atoms with E-state index in [0.29, 0.717) is 5.69 Å². The molecule has 1 rings (SSSR count). The fourth-order valence-electron chi connectivity index (χ4n) is 1.59. The summed E-state index contributed by atoms with van der Waals surface area (Å²) in [6.07, 6.45) is 3.74. The van der Waals surface area contributed by atoms with E-state index in [1.165, 1.54) is 6.20 Å². The Morgan fingerprint density at radius 2 is 2.21 bits per heavy atom. The number of sulfonamides is 1. The lowest BCUT2D eigenvalue weighted by Gasteiger charge is -2.15. The van der Waals surface area contributed by atoms with E-state index in [0.717, 1.165) is 17.9 Å². The van der Waals surface area contributed by atoms with Crippen molar-refractivity contribution < 1.29 is 8.42 Å². The summed E-state index contributed by atoms with van der Waals surface area (Å²) >= 11 is 1.81. The summed E-state index contributed by atoms with van der Waals surface area (Å²) in [5.74, 6) is 2.00. The van der Waals surface area contributed by atoms with E-state index in [-0.39, 0.29) is 10.9 Å². The maximum atomic E-state index is 12.3. The average molecular weight is 303 g/mol. The van der Waals surface area contributed by atoms with E-state index >= 15 is 0 Å². The van der Waals surface area contributed by atoms with Gasteiger partial charge in [0.05, 0.1) is 5.69 Å². The molecule has 0 spiro atoms. The molecule has 0 fully saturated rings. The Morgan fingerprint density at radius 1 is 1.47 bits per heavy atom. The highest BCUT2D eigenvalue weighted by Crippen LogP contribution is 2.19. The second-order valence-corrected chi connectivity index (χ2v) is 7.21. The van der Waals surface area contributed by atoms with Crippen LogP contribution in [0, 0.1) is 0 Å². The lowest BCUT2D eigenvalue weighted by molar-refractivity contribution is 0.557. The van der Waals surface area contributed by atoms with Gasteiger partial charge in [0.25, 0.3) is 0 Å². The molecular formula is C12H21N3O2S2. The molecule has 7 heteroatoms. The number of nitrogens with zero attached hydrogens (tertiary/aromatic N) is 1. The number of thioether (sulfide) groups is 1. The number of rotatable bonds is 8. The smallest absolute Gasteiger partial charge is 0.244 e. The lowest BCUT2D eigenvalue weighted by atomic mass is 10.3. The van der Waals surface area contributed by atoms with Crippen LogP contribution in [0.2, 0.25) is 0 Å². The monoisotopic (exact) mass is 303 g/mol. The molecule has 5 nitrogen and oxygen atoms in total. The molecule has 0 bridgehead atoms. The molecule has 1 unspecified atom stereocenters. The summed E-state index contributed by atoms with van der Waals surface area (Å²) in [5, 5.41) is 2.86. The molecule has 1 heterocycles. The van der Waals surface area contributed by atoms with Crippen LogP contribution >= 0.6 is 11.8 Å². The second kappa shape index (κ2) is 7.72. The zero-order valence-electron chi connectivity index (χ0n) is 11.5. The number of hydrogen-bond donors (Lipinski definition) is 2. The van der Waals surface area contributed by atoms with Crippen molar-refractivity contribution in [2.45, 2.75) is 31.2 Å². The highest BCUT2D eigenvalue weighted by molar-refractivity contribution is 7.99. The second-order valence-electron chi connectivity index (χ2n) is 4.13. The van der Waals surface area contributed by atoms with E-state index in [1.807, 2.05) is 6.92 Å². The van der Waals surface area contributed by atoms with Crippen molar-refractivity contribution in [1.82, 2.24) is 9.71 Å². The summed E-state index contributed by atoms with van der Waals surface area (Å²) in [5.41, 5.74) is 0.553. The summed E-state index contributed by atoms with van der Waals surface area (Å²) in [7, 11) is -1.83. The Bertz CT molecular complexity index is 492. The van der Waals surface area contributed by atoms with Crippen molar-refractivity contribution in [1.29, 1.82) is 0 Å². The Kier molecular flexibility index (Phi) is 6.60. The normalized spacial score (nSPS) is 13.2. The van der Waals surface area contributed by atoms with Crippen LogP contribution in [0.4, 0.5) is 5.69 Å². The molecule has 0 aromatic carbocycles. The first-order valence-corrected chi connectivity index (χ1v) is 8.87. The van der Waals surface area contributed by atoms with Gasteiger partial charge < -0.3 is 5.32 Å². The van der Waals surface area contributed by atoms with Crippen LogP contribution in [0.25, 0.3) is 0 Å². The molecule has 108 valence electrons. The van der Waals surface area contributed by atoms with Gasteiger partial charge in [-0.15, -0.1) is 0 Å². The largest absolute Gasteiger partial charge is 0.387 e. The van der Waals surface area contributed by atoms with Crippen LogP contribution in [-0.4, -0.2) is 38.0 Å². The van der Waals surface area contributed by atoms with Gasteiger partial charge in [-0.05, 0) is 30.9 Å². The molecule has 0 aliphatic carbocycles. The Balaban J connectivity index is 2.75. The molecule has 0 saturated heterocycles. The predicted molar refractivity (Wildman–Crippen MR) is 81.2 cm³/mol. The molecule has 0 amide bonds. The summed E-state index contributed by atoms with van der Waals surface area (Å²) < 4.78 is 27.2. The fraction of sp³-hybridized carbons (Fsp3) is 0.583. The molecule has 0 saturated carbocycles. The molecule has 2 N–H and O–H groups in total. The van der Waals surface area contributed by atoms with Crippen LogP contribution in [-0.2, 0) is 10.0 Å². The third-order valence-electron chi connectivity index (χ3n) is 2.60. The van der Waals surface area contributed by atoms with E-state index in [9.17, 15) is 8.42 Å². The quantitative estimate of drug-likeness (QED) is 0.718. The van der Waals surface area contributed by atoms with Crippen molar-refractivity contribution in [2.75, 3.05) is 23.9 Å². The summed E-state index contributed by atoms with van der Waals surface area (Å²) in [6.45, 7) is 3.97. The highest BCUT2D eigenvalue weighted by atomic mass is 32.2. The third-order valence-corrected chi connectivity index (χ3v) is 5.15. The average Bonchev–Trinajstić information content (AvgIpc) is 2.38. The first-order chi connectivity index (χ1) is 9.01. The van der Waals surface area contributed by atoms with Gasteiger partial charge >= 0.3 is 0 Å². The highest BCUT2D eigenvalue weighted by Gasteiger charge is 2.20. The van der Waals surface area contributed by atoms with E-state index < -0.39 is 10.0 Å². The fourth-order valence-corrected chi connectivity index (χ4v) is 3.84. The number of hydrogen-bond acceptors (Lipinski definition) is 5. The van der Waals surface area contributed by atoms with Gasteiger partial charge in [-0.25, -0.2) is 13.1 Å². The van der Waals surface area contributed by atoms with Gasteiger partial charge in [-0.1, -0.05) is 6.92 Å². The van der Waals surface area contributed by atoms with Crippen LogP contribution in [0.3, 0.4) is 0 Å². The van der Waals surface area contributed by atoms with Crippen molar-refractivity contribution in [3.05, 3.63) is 18.5 Å².